The molecule has 8 bridgehead atoms. The number of fused-ring (bicyclic) bond motifs is 20. The predicted octanol–water partition coefficient (Wildman–Crippen LogP) is 6.30. The average molecular weight is 593 g/mol. The summed E-state index contributed by atoms with van der Waals surface area (Å²) in [7, 11) is 2.01. The van der Waals surface area contributed by atoms with Gasteiger partial charge in [0.05, 0.1) is 18.2 Å². The first kappa shape index (κ1) is 24.5. The zero-order chi connectivity index (χ0) is 27.1. The molecule has 0 fully saturated rings. The summed E-state index contributed by atoms with van der Waals surface area (Å²) in [6.07, 6.45) is 0. The van der Waals surface area contributed by atoms with E-state index in [0.29, 0.717) is 22.9 Å². The molecule has 0 aliphatic carbocycles. The molecule has 2 aliphatic rings. The summed E-state index contributed by atoms with van der Waals surface area (Å²) >= 11 is 0. The van der Waals surface area contributed by atoms with Gasteiger partial charge in [0.2, 0.25) is 11.3 Å². The molecule has 0 unspecified atom stereocenters. The molecule has 0 spiro atoms. The SMILES string of the molecule is C[n+]1c2nc3[nH]c(nc4nc(nc5[nH]c(nc1-c1ccccc1-2)c1ccccc51)-c1ccccc1-4)c1ccccc31.[Cu]. The minimum absolute atomic E-state index is 0. The Kier molecular flexibility index (Phi) is 5.34. The third-order valence-electron chi connectivity index (χ3n) is 7.88. The third-order valence-corrected chi connectivity index (χ3v) is 7.88. The summed E-state index contributed by atoms with van der Waals surface area (Å²) in [5.41, 5.74) is 6.79. The van der Waals surface area contributed by atoms with E-state index in [1.54, 1.807) is 0 Å². The van der Waals surface area contributed by atoms with Crippen molar-refractivity contribution in [1.29, 1.82) is 0 Å². The fourth-order valence-corrected chi connectivity index (χ4v) is 5.93. The Morgan fingerprint density at radius 2 is 0.762 bits per heavy atom. The van der Waals surface area contributed by atoms with Crippen molar-refractivity contribution in [2.45, 2.75) is 0 Å². The van der Waals surface area contributed by atoms with E-state index in [9.17, 15) is 0 Å². The second-order valence-electron chi connectivity index (χ2n) is 10.2. The van der Waals surface area contributed by atoms with Gasteiger partial charge >= 0.3 is 0 Å². The second-order valence-corrected chi connectivity index (χ2v) is 10.2. The van der Waals surface area contributed by atoms with E-state index in [1.165, 1.54) is 0 Å². The van der Waals surface area contributed by atoms with Gasteiger partial charge in [-0.15, -0.1) is 0 Å². The van der Waals surface area contributed by atoms with E-state index in [0.717, 1.165) is 66.7 Å². The molecule has 9 heteroatoms. The molecule has 2 aliphatic heterocycles. The van der Waals surface area contributed by atoms with Crippen molar-refractivity contribution in [2.24, 2.45) is 7.05 Å². The maximum Gasteiger partial charge on any atom is 0.273 e. The largest absolute Gasteiger partial charge is 0.310 e. The van der Waals surface area contributed by atoms with Crippen molar-refractivity contribution >= 4 is 44.1 Å². The van der Waals surface area contributed by atoms with Gasteiger partial charge in [-0.1, -0.05) is 82.8 Å². The van der Waals surface area contributed by atoms with Crippen molar-refractivity contribution in [2.75, 3.05) is 0 Å². The number of aromatic amines is 2. The number of nitrogens with zero attached hydrogens (tertiary/aromatic N) is 6. The number of hydrogen-bond donors (Lipinski definition) is 2. The van der Waals surface area contributed by atoms with Crippen LogP contribution in [0.4, 0.5) is 0 Å². The summed E-state index contributed by atoms with van der Waals surface area (Å²) < 4.78 is 2.05. The van der Waals surface area contributed by atoms with Gasteiger partial charge in [0.15, 0.2) is 11.6 Å². The van der Waals surface area contributed by atoms with Gasteiger partial charge in [-0.25, -0.2) is 19.5 Å². The van der Waals surface area contributed by atoms with E-state index < -0.39 is 0 Å². The molecule has 0 saturated carbocycles. The summed E-state index contributed by atoms with van der Waals surface area (Å²) in [5.74, 6) is 2.84. The number of H-pyrrole nitrogens is 2. The van der Waals surface area contributed by atoms with Crippen molar-refractivity contribution in [3.63, 3.8) is 0 Å². The van der Waals surface area contributed by atoms with Crippen molar-refractivity contribution in [3.05, 3.63) is 97.1 Å². The molecular weight excluding hydrogens is 572 g/mol. The van der Waals surface area contributed by atoms with Gasteiger partial charge in [0.1, 0.15) is 11.3 Å². The predicted molar refractivity (Wildman–Crippen MR) is 159 cm³/mol. The van der Waals surface area contributed by atoms with Crippen LogP contribution >= 0.6 is 0 Å². The molecule has 9 rings (SSSR count). The van der Waals surface area contributed by atoms with Gasteiger partial charge in [-0.3, -0.25) is 0 Å². The standard InChI is InChI=1S/C33H20N8.Cu/c1-41-32-24-16-8-9-17-25(24)33(41)40-31-23-15-7-5-13-21(23)29(38-31)36-27-19-11-3-2-10-18(19)26(34-27)35-28-20-12-4-6-14-22(20)30(37-28)39-32;/h2-17H,1H3,(H,34,35,36,37,38,39,40);/p+1. The van der Waals surface area contributed by atoms with Crippen LogP contribution < -0.4 is 4.57 Å². The Labute approximate surface area is 249 Å². The van der Waals surface area contributed by atoms with E-state index in [1.807, 2.05) is 72.3 Å². The third kappa shape index (κ3) is 3.48. The molecule has 203 valence electrons. The monoisotopic (exact) mass is 592 g/mol. The summed E-state index contributed by atoms with van der Waals surface area (Å²) in [6, 6.07) is 32.7. The topological polar surface area (TPSA) is 99.9 Å². The molecule has 0 amide bonds. The van der Waals surface area contributed by atoms with E-state index >= 15 is 0 Å². The Morgan fingerprint density at radius 3 is 1.17 bits per heavy atom. The first-order chi connectivity index (χ1) is 20.2. The van der Waals surface area contributed by atoms with E-state index in [4.69, 9.17) is 24.9 Å². The Balaban J connectivity index is 0.00000267. The van der Waals surface area contributed by atoms with Crippen LogP contribution in [-0.4, -0.2) is 34.9 Å². The molecule has 8 nitrogen and oxygen atoms in total. The molecule has 7 aromatic rings. The molecule has 0 saturated heterocycles. The number of hydrogen-bond acceptors (Lipinski definition) is 5. The zero-order valence-electron chi connectivity index (χ0n) is 22.2. The van der Waals surface area contributed by atoms with Gasteiger partial charge in [-0.05, 0) is 24.3 Å². The molecule has 42 heavy (non-hydrogen) atoms. The maximum absolute atomic E-state index is 5.19. The number of benzene rings is 4. The average Bonchev–Trinajstić information content (AvgIpc) is 3.72. The van der Waals surface area contributed by atoms with Crippen molar-refractivity contribution in [3.8, 4) is 45.6 Å². The van der Waals surface area contributed by atoms with Crippen LogP contribution in [0.1, 0.15) is 0 Å². The van der Waals surface area contributed by atoms with E-state index in [-0.39, 0.29) is 17.1 Å². The second kappa shape index (κ2) is 9.14. The smallest absolute Gasteiger partial charge is 0.273 e. The minimum atomic E-state index is 0. The van der Waals surface area contributed by atoms with Crippen LogP contribution in [-0.2, 0) is 24.1 Å². The molecule has 1 radical (unpaired) electrons. The van der Waals surface area contributed by atoms with Crippen LogP contribution in [0.3, 0.4) is 0 Å². The van der Waals surface area contributed by atoms with Gasteiger partial charge < -0.3 is 9.97 Å². The number of rotatable bonds is 0. The van der Waals surface area contributed by atoms with Crippen LogP contribution in [0.15, 0.2) is 97.1 Å². The normalized spacial score (nSPS) is 11.7. The summed E-state index contributed by atoms with van der Waals surface area (Å²) in [5, 5.41) is 3.92. The van der Waals surface area contributed by atoms with Crippen LogP contribution in [0, 0.1) is 0 Å². The zero-order valence-corrected chi connectivity index (χ0v) is 23.2. The molecule has 4 aromatic carbocycles. The molecular formula is C33H21CuN8+. The molecule has 2 N–H and O–H groups in total. The number of nitrogens with one attached hydrogen (secondary N) is 2. The Morgan fingerprint density at radius 1 is 0.429 bits per heavy atom. The van der Waals surface area contributed by atoms with Gasteiger partial charge in [0.25, 0.3) is 11.6 Å². The van der Waals surface area contributed by atoms with Crippen LogP contribution in [0.5, 0.6) is 0 Å². The van der Waals surface area contributed by atoms with Crippen LogP contribution in [0.2, 0.25) is 0 Å². The quantitative estimate of drug-likeness (QED) is 0.159. The van der Waals surface area contributed by atoms with Crippen molar-refractivity contribution in [1.82, 2.24) is 34.9 Å². The van der Waals surface area contributed by atoms with Crippen LogP contribution in [0.25, 0.3) is 89.7 Å². The molecule has 3 aromatic heterocycles. The van der Waals surface area contributed by atoms with Gasteiger partial charge in [0, 0.05) is 49.7 Å². The first-order valence-electron chi connectivity index (χ1n) is 13.4. The molecule has 5 heterocycles. The Bertz CT molecular complexity index is 2240. The minimum Gasteiger partial charge on any atom is -0.310 e. The first-order valence-corrected chi connectivity index (χ1v) is 13.4. The van der Waals surface area contributed by atoms with Gasteiger partial charge in [-0.2, -0.15) is 0 Å². The maximum atomic E-state index is 5.19. The number of aromatic nitrogens is 8. The molecule has 0 atom stereocenters. The van der Waals surface area contributed by atoms with Crippen molar-refractivity contribution < 1.29 is 21.6 Å². The van der Waals surface area contributed by atoms with E-state index in [2.05, 4.69) is 46.4 Å². The summed E-state index contributed by atoms with van der Waals surface area (Å²) in [4.78, 5) is 32.4. The summed E-state index contributed by atoms with van der Waals surface area (Å²) in [6.45, 7) is 0. The Hall–Kier alpha value is -5.24. The fraction of sp³-hybridized carbons (Fsp3) is 0.0303. The fourth-order valence-electron chi connectivity index (χ4n) is 5.93.